The number of allylic oxidation sites excluding steroid dienone is 1. The molecule has 0 aliphatic heterocycles. The molecule has 0 aromatic heterocycles. The van der Waals surface area contributed by atoms with Gasteiger partial charge in [0.15, 0.2) is 0 Å². The van der Waals surface area contributed by atoms with E-state index in [1.165, 1.54) is 5.56 Å². The average molecular weight is 313 g/mol. The summed E-state index contributed by atoms with van der Waals surface area (Å²) < 4.78 is 0. The fourth-order valence-corrected chi connectivity index (χ4v) is 0.757. The normalized spacial score (nSPS) is 9.30. The molecule has 0 nitrogen and oxygen atoms in total. The van der Waals surface area contributed by atoms with Crippen molar-refractivity contribution in [2.24, 2.45) is 0 Å². The van der Waals surface area contributed by atoms with Crippen molar-refractivity contribution in [1.82, 2.24) is 0 Å². The number of hydrogen-bond acceptors (Lipinski definition) is 0. The van der Waals surface area contributed by atoms with Crippen LogP contribution in [-0.2, 0) is 21.1 Å². The second kappa shape index (κ2) is 5.43. The summed E-state index contributed by atoms with van der Waals surface area (Å²) in [6.07, 6.45) is 4.12. The van der Waals surface area contributed by atoms with Crippen LogP contribution in [0.4, 0.5) is 0 Å². The monoisotopic (exact) mass is 313 g/mol. The van der Waals surface area contributed by atoms with E-state index in [2.05, 4.69) is 18.2 Å². The third kappa shape index (κ3) is 2.98. The van der Waals surface area contributed by atoms with Crippen molar-refractivity contribution in [3.8, 4) is 0 Å². The predicted octanol–water partition coefficient (Wildman–Crippen LogP) is 2.72. The van der Waals surface area contributed by atoms with E-state index < -0.39 is 0 Å². The number of benzene rings is 1. The zero-order valence-corrected chi connectivity index (χ0v) is 8.13. The Bertz CT molecular complexity index is 189. The first-order valence-electron chi connectivity index (χ1n) is 3.11. The van der Waals surface area contributed by atoms with Crippen LogP contribution < -0.4 is 0 Å². The van der Waals surface area contributed by atoms with Crippen LogP contribution in [-0.4, -0.2) is 0 Å². The molecule has 1 aromatic carbocycles. The largest absolute Gasteiger partial charge is 0.0871 e. The van der Waals surface area contributed by atoms with Gasteiger partial charge in [0.05, 0.1) is 0 Å². The molecule has 10 heavy (non-hydrogen) atoms. The van der Waals surface area contributed by atoms with Crippen LogP contribution in [0.2, 0.25) is 0 Å². The van der Waals surface area contributed by atoms with Gasteiger partial charge in [-0.05, 0) is 12.5 Å². The van der Waals surface area contributed by atoms with Crippen molar-refractivity contribution in [2.75, 3.05) is 0 Å². The van der Waals surface area contributed by atoms with Crippen molar-refractivity contribution in [1.29, 1.82) is 0 Å². The number of rotatable bonds is 1. The molecule has 0 amide bonds. The van der Waals surface area contributed by atoms with Gasteiger partial charge in [0.2, 0.25) is 0 Å². The molecular weight excluding hydrogens is 303 g/mol. The van der Waals surface area contributed by atoms with Gasteiger partial charge in [0.25, 0.3) is 0 Å². The molecule has 0 atom stereocenters. The first-order chi connectivity index (χ1) is 4.43. The molecular formula is C9H10Pt. The van der Waals surface area contributed by atoms with E-state index in [4.69, 9.17) is 0 Å². The topological polar surface area (TPSA) is 0 Å². The Morgan fingerprint density at radius 2 is 1.70 bits per heavy atom. The first kappa shape index (κ1) is 9.65. The smallest absolute Gasteiger partial charge is 0 e. The third-order valence-electron chi connectivity index (χ3n) is 1.16. The molecule has 0 unspecified atom stereocenters. The van der Waals surface area contributed by atoms with Crippen LogP contribution in [0.3, 0.4) is 0 Å². The molecule has 0 radical (unpaired) electrons. The van der Waals surface area contributed by atoms with Gasteiger partial charge in [0, 0.05) is 21.1 Å². The van der Waals surface area contributed by atoms with Gasteiger partial charge >= 0.3 is 0 Å². The van der Waals surface area contributed by atoms with Gasteiger partial charge < -0.3 is 0 Å². The summed E-state index contributed by atoms with van der Waals surface area (Å²) in [5, 5.41) is 0. The van der Waals surface area contributed by atoms with Crippen LogP contribution in [0.1, 0.15) is 12.5 Å². The minimum atomic E-state index is 0. The van der Waals surface area contributed by atoms with E-state index in [0.29, 0.717) is 0 Å². The van der Waals surface area contributed by atoms with E-state index in [1.807, 2.05) is 31.2 Å². The molecule has 0 N–H and O–H groups in total. The van der Waals surface area contributed by atoms with Gasteiger partial charge in [-0.25, -0.2) is 0 Å². The summed E-state index contributed by atoms with van der Waals surface area (Å²) in [5.41, 5.74) is 1.26. The van der Waals surface area contributed by atoms with Crippen molar-refractivity contribution in [3.05, 3.63) is 42.0 Å². The van der Waals surface area contributed by atoms with Gasteiger partial charge in [0.1, 0.15) is 0 Å². The van der Waals surface area contributed by atoms with Crippen LogP contribution in [0.25, 0.3) is 6.08 Å². The predicted molar refractivity (Wildman–Crippen MR) is 41.2 cm³/mol. The van der Waals surface area contributed by atoms with Crippen molar-refractivity contribution in [2.45, 2.75) is 6.92 Å². The van der Waals surface area contributed by atoms with E-state index >= 15 is 0 Å². The molecule has 0 heterocycles. The van der Waals surface area contributed by atoms with Crippen molar-refractivity contribution >= 4 is 6.08 Å². The van der Waals surface area contributed by atoms with E-state index in [0.717, 1.165) is 0 Å². The van der Waals surface area contributed by atoms with Crippen molar-refractivity contribution in [3.63, 3.8) is 0 Å². The fraction of sp³-hybridized carbons (Fsp3) is 0.111. The summed E-state index contributed by atoms with van der Waals surface area (Å²) in [6, 6.07) is 10.3. The minimum absolute atomic E-state index is 0. The van der Waals surface area contributed by atoms with E-state index in [1.54, 1.807) is 0 Å². The maximum Gasteiger partial charge on any atom is 0 e. The molecule has 1 heteroatoms. The summed E-state index contributed by atoms with van der Waals surface area (Å²) in [5.74, 6) is 0. The quantitative estimate of drug-likeness (QED) is 0.748. The zero-order chi connectivity index (χ0) is 6.53. The Hall–Kier alpha value is -0.352. The maximum atomic E-state index is 2.08. The molecule has 0 saturated heterocycles. The molecule has 0 saturated carbocycles. The maximum absolute atomic E-state index is 2.08. The first-order valence-corrected chi connectivity index (χ1v) is 3.11. The standard InChI is InChI=1S/C9H10.Pt/c1-2-6-9-7-4-3-5-8-9;/h2-8H,1H3;/b6-2+;. The van der Waals surface area contributed by atoms with Crippen LogP contribution in [0.15, 0.2) is 36.4 Å². The van der Waals surface area contributed by atoms with E-state index in [-0.39, 0.29) is 21.1 Å². The van der Waals surface area contributed by atoms with Crippen molar-refractivity contribution < 1.29 is 21.1 Å². The summed E-state index contributed by atoms with van der Waals surface area (Å²) in [4.78, 5) is 0. The van der Waals surface area contributed by atoms with Gasteiger partial charge in [-0.1, -0.05) is 42.5 Å². The van der Waals surface area contributed by atoms with Gasteiger partial charge in [-0.3, -0.25) is 0 Å². The second-order valence-electron chi connectivity index (χ2n) is 1.91. The Balaban J connectivity index is 0.000000810. The summed E-state index contributed by atoms with van der Waals surface area (Å²) in [6.45, 7) is 2.02. The van der Waals surface area contributed by atoms with Gasteiger partial charge in [-0.15, -0.1) is 0 Å². The molecule has 0 aliphatic carbocycles. The van der Waals surface area contributed by atoms with Crippen LogP contribution >= 0.6 is 0 Å². The third-order valence-corrected chi connectivity index (χ3v) is 1.16. The Morgan fingerprint density at radius 3 is 2.20 bits per heavy atom. The second-order valence-corrected chi connectivity index (χ2v) is 1.91. The fourth-order valence-electron chi connectivity index (χ4n) is 0.757. The Morgan fingerprint density at radius 1 is 1.10 bits per heavy atom. The molecule has 0 spiro atoms. The molecule has 0 fully saturated rings. The van der Waals surface area contributed by atoms with Crippen LogP contribution in [0, 0.1) is 0 Å². The SMILES string of the molecule is C/C=C/c1ccccc1.[Pt]. The molecule has 0 aliphatic rings. The molecule has 1 rings (SSSR count). The Kier molecular flexibility index (Phi) is 5.24. The summed E-state index contributed by atoms with van der Waals surface area (Å²) >= 11 is 0. The van der Waals surface area contributed by atoms with E-state index in [9.17, 15) is 0 Å². The van der Waals surface area contributed by atoms with Crippen LogP contribution in [0.5, 0.6) is 0 Å². The molecule has 56 valence electrons. The zero-order valence-electron chi connectivity index (χ0n) is 5.86. The molecule has 0 bridgehead atoms. The van der Waals surface area contributed by atoms with Gasteiger partial charge in [-0.2, -0.15) is 0 Å². The minimum Gasteiger partial charge on any atom is -0.0871 e. The average Bonchev–Trinajstić information content (AvgIpc) is 1.91. The molecule has 1 aromatic rings. The number of hydrogen-bond donors (Lipinski definition) is 0. The summed E-state index contributed by atoms with van der Waals surface area (Å²) in [7, 11) is 0. The Labute approximate surface area is 76.2 Å².